The van der Waals surface area contributed by atoms with Crippen LogP contribution in [0.25, 0.3) is 0 Å². The molecule has 0 aromatic heterocycles. The van der Waals surface area contributed by atoms with Crippen molar-refractivity contribution in [1.29, 1.82) is 0 Å². The van der Waals surface area contributed by atoms with E-state index in [1.807, 2.05) is 0 Å². The summed E-state index contributed by atoms with van der Waals surface area (Å²) in [7, 11) is 0. The van der Waals surface area contributed by atoms with Crippen LogP contribution >= 0.6 is 24.8 Å². The molecule has 0 bridgehead atoms. The van der Waals surface area contributed by atoms with E-state index in [4.69, 9.17) is 5.73 Å². The van der Waals surface area contributed by atoms with Crippen molar-refractivity contribution >= 4 is 30.7 Å². The van der Waals surface area contributed by atoms with Crippen LogP contribution in [-0.2, 0) is 11.2 Å². The molecule has 0 spiro atoms. The number of benzene rings is 1. The van der Waals surface area contributed by atoms with Crippen molar-refractivity contribution < 1.29 is 4.79 Å². The third kappa shape index (κ3) is 7.33. The van der Waals surface area contributed by atoms with Gasteiger partial charge in [0.25, 0.3) is 0 Å². The summed E-state index contributed by atoms with van der Waals surface area (Å²) in [4.78, 5) is 20.5. The van der Waals surface area contributed by atoms with E-state index in [9.17, 15) is 4.79 Å². The number of nitrogens with two attached hydrogens (primary N) is 1. The number of nitrogens with zero attached hydrogens (tertiary/aromatic N) is 3. The van der Waals surface area contributed by atoms with Gasteiger partial charge in [0, 0.05) is 32.2 Å². The zero-order valence-electron chi connectivity index (χ0n) is 19.4. The molecular formula is C25H42Cl2N4O. The fourth-order valence-corrected chi connectivity index (χ4v) is 5.63. The highest BCUT2D eigenvalue weighted by atomic mass is 35.5. The first-order valence-corrected chi connectivity index (χ1v) is 12.2. The minimum absolute atomic E-state index is 0. The monoisotopic (exact) mass is 484 g/mol. The summed E-state index contributed by atoms with van der Waals surface area (Å²) in [5, 5.41) is 0. The number of hydrogen-bond acceptors (Lipinski definition) is 4. The second-order valence-corrected chi connectivity index (χ2v) is 9.65. The van der Waals surface area contributed by atoms with Gasteiger partial charge in [0.15, 0.2) is 0 Å². The molecule has 3 saturated heterocycles. The smallest absolute Gasteiger partial charge is 0.226 e. The minimum Gasteiger partial charge on any atom is -0.342 e. The summed E-state index contributed by atoms with van der Waals surface area (Å²) in [6, 6.07) is 11.5. The number of amides is 1. The molecule has 0 aliphatic carbocycles. The molecule has 5 nitrogen and oxygen atoms in total. The molecule has 3 aliphatic rings. The lowest BCUT2D eigenvalue weighted by Gasteiger charge is -2.43. The Hall–Kier alpha value is -0.850. The van der Waals surface area contributed by atoms with Crippen molar-refractivity contribution in [1.82, 2.24) is 14.7 Å². The zero-order valence-corrected chi connectivity index (χ0v) is 21.0. The molecule has 4 rings (SSSR count). The Kier molecular flexibility index (Phi) is 11.8. The van der Waals surface area contributed by atoms with E-state index < -0.39 is 0 Å². The number of piperidine rings is 3. The van der Waals surface area contributed by atoms with Crippen molar-refractivity contribution in [2.75, 3.05) is 52.4 Å². The molecule has 2 N–H and O–H groups in total. The van der Waals surface area contributed by atoms with Crippen molar-refractivity contribution in [2.45, 2.75) is 51.0 Å². The number of rotatable bonds is 6. The quantitative estimate of drug-likeness (QED) is 0.671. The lowest BCUT2D eigenvalue weighted by molar-refractivity contribution is -0.139. The predicted octanol–water partition coefficient (Wildman–Crippen LogP) is 3.45. The maximum atomic E-state index is 13.1. The number of halogens is 2. The van der Waals surface area contributed by atoms with Gasteiger partial charge in [-0.1, -0.05) is 30.3 Å². The van der Waals surface area contributed by atoms with Crippen molar-refractivity contribution in [3.63, 3.8) is 0 Å². The third-order valence-corrected chi connectivity index (χ3v) is 7.69. The van der Waals surface area contributed by atoms with Gasteiger partial charge in [0.1, 0.15) is 0 Å². The summed E-state index contributed by atoms with van der Waals surface area (Å²) in [5.41, 5.74) is 7.25. The summed E-state index contributed by atoms with van der Waals surface area (Å²) >= 11 is 0. The van der Waals surface area contributed by atoms with Gasteiger partial charge in [0.2, 0.25) is 5.91 Å². The first-order valence-electron chi connectivity index (χ1n) is 12.2. The first kappa shape index (κ1) is 27.4. The largest absolute Gasteiger partial charge is 0.342 e. The van der Waals surface area contributed by atoms with E-state index in [1.54, 1.807) is 0 Å². The molecule has 1 atom stereocenters. The lowest BCUT2D eigenvalue weighted by atomic mass is 9.91. The highest BCUT2D eigenvalue weighted by molar-refractivity contribution is 5.85. The Labute approximate surface area is 206 Å². The Bertz CT molecular complexity index is 661. The van der Waals surface area contributed by atoms with Gasteiger partial charge in [-0.3, -0.25) is 9.69 Å². The molecule has 0 radical (unpaired) electrons. The molecular weight excluding hydrogens is 443 g/mol. The van der Waals surface area contributed by atoms with E-state index in [0.717, 1.165) is 58.4 Å². The second-order valence-electron chi connectivity index (χ2n) is 9.65. The molecule has 1 aromatic rings. The molecule has 182 valence electrons. The summed E-state index contributed by atoms with van der Waals surface area (Å²) in [6.07, 6.45) is 8.05. The van der Waals surface area contributed by atoms with Gasteiger partial charge in [0.05, 0.1) is 5.92 Å². The number of carbonyl (C=O) groups is 1. The van der Waals surface area contributed by atoms with Gasteiger partial charge < -0.3 is 15.5 Å². The van der Waals surface area contributed by atoms with Crippen LogP contribution in [0.1, 0.15) is 44.1 Å². The van der Waals surface area contributed by atoms with Crippen LogP contribution in [0.4, 0.5) is 0 Å². The van der Waals surface area contributed by atoms with Crippen LogP contribution in [0.5, 0.6) is 0 Å². The molecule has 1 unspecified atom stereocenters. The normalized spacial score (nSPS) is 23.9. The Morgan fingerprint density at radius 1 is 0.906 bits per heavy atom. The van der Waals surface area contributed by atoms with Gasteiger partial charge in [-0.05, 0) is 82.6 Å². The molecule has 7 heteroatoms. The van der Waals surface area contributed by atoms with E-state index in [0.29, 0.717) is 17.9 Å². The van der Waals surface area contributed by atoms with Gasteiger partial charge in [-0.25, -0.2) is 0 Å². The van der Waals surface area contributed by atoms with Crippen molar-refractivity contribution in [3.8, 4) is 0 Å². The SMILES string of the molecule is Cl.Cl.NCC1CCN(C(=O)C2CCCN(C3CCN(CCc4ccccc4)CC3)C2)CC1. The van der Waals surface area contributed by atoms with Crippen LogP contribution in [0.3, 0.4) is 0 Å². The molecule has 3 aliphatic heterocycles. The van der Waals surface area contributed by atoms with Crippen LogP contribution in [-0.4, -0.2) is 79.0 Å². The van der Waals surface area contributed by atoms with Gasteiger partial charge >= 0.3 is 0 Å². The van der Waals surface area contributed by atoms with Crippen LogP contribution < -0.4 is 5.73 Å². The average molecular weight is 486 g/mol. The third-order valence-electron chi connectivity index (χ3n) is 7.69. The fraction of sp³-hybridized carbons (Fsp3) is 0.720. The first-order chi connectivity index (χ1) is 14.7. The van der Waals surface area contributed by atoms with Crippen LogP contribution in [0.15, 0.2) is 30.3 Å². The average Bonchev–Trinajstić information content (AvgIpc) is 2.83. The molecule has 1 amide bonds. The van der Waals surface area contributed by atoms with E-state index >= 15 is 0 Å². The maximum absolute atomic E-state index is 13.1. The molecule has 3 heterocycles. The van der Waals surface area contributed by atoms with Crippen molar-refractivity contribution in [2.24, 2.45) is 17.6 Å². The van der Waals surface area contributed by atoms with Crippen LogP contribution in [0, 0.1) is 11.8 Å². The molecule has 0 saturated carbocycles. The van der Waals surface area contributed by atoms with Crippen molar-refractivity contribution in [3.05, 3.63) is 35.9 Å². The summed E-state index contributed by atoms with van der Waals surface area (Å²) in [6.45, 7) is 8.30. The van der Waals surface area contributed by atoms with Crippen LogP contribution in [0.2, 0.25) is 0 Å². The van der Waals surface area contributed by atoms with Gasteiger partial charge in [-0.15, -0.1) is 24.8 Å². The summed E-state index contributed by atoms with van der Waals surface area (Å²) < 4.78 is 0. The second kappa shape index (κ2) is 13.8. The van der Waals surface area contributed by atoms with Gasteiger partial charge in [-0.2, -0.15) is 0 Å². The van der Waals surface area contributed by atoms with E-state index in [1.165, 1.54) is 44.5 Å². The summed E-state index contributed by atoms with van der Waals surface area (Å²) in [5.74, 6) is 1.24. The number of carbonyl (C=O) groups excluding carboxylic acids is 1. The molecule has 32 heavy (non-hydrogen) atoms. The maximum Gasteiger partial charge on any atom is 0.226 e. The highest BCUT2D eigenvalue weighted by Gasteiger charge is 2.34. The minimum atomic E-state index is 0. The fourth-order valence-electron chi connectivity index (χ4n) is 5.63. The van der Waals surface area contributed by atoms with E-state index in [2.05, 4.69) is 45.0 Å². The Balaban J connectivity index is 0.00000181. The predicted molar refractivity (Wildman–Crippen MR) is 137 cm³/mol. The Morgan fingerprint density at radius 2 is 1.59 bits per heavy atom. The highest BCUT2D eigenvalue weighted by Crippen LogP contribution is 2.27. The lowest BCUT2D eigenvalue weighted by Crippen LogP contribution is -2.52. The number of hydrogen-bond donors (Lipinski definition) is 1. The standard InChI is InChI=1S/C25H40N4O.2ClH/c26-19-22-9-17-28(18-10-22)25(30)23-7-4-13-29(20-23)24-11-15-27(16-12-24)14-8-21-5-2-1-3-6-21;;/h1-3,5-6,22-24H,4,7-20,26H2;2*1H. The number of likely N-dealkylation sites (tertiary alicyclic amines) is 3. The topological polar surface area (TPSA) is 52.8 Å². The molecule has 3 fully saturated rings. The Morgan fingerprint density at radius 3 is 2.25 bits per heavy atom. The zero-order chi connectivity index (χ0) is 20.8. The van der Waals surface area contributed by atoms with E-state index in [-0.39, 0.29) is 30.7 Å². The molecule has 1 aromatic carbocycles.